The topological polar surface area (TPSA) is 70.4 Å². The van der Waals surface area contributed by atoms with E-state index in [0.717, 1.165) is 38.1 Å². The molecule has 2 fully saturated rings. The van der Waals surface area contributed by atoms with Gasteiger partial charge in [0.2, 0.25) is 0 Å². The van der Waals surface area contributed by atoms with Gasteiger partial charge >= 0.3 is 5.51 Å². The van der Waals surface area contributed by atoms with Gasteiger partial charge in [-0.2, -0.15) is 18.4 Å². The van der Waals surface area contributed by atoms with Crippen molar-refractivity contribution in [3.8, 4) is 6.07 Å². The largest absolute Gasteiger partial charge is 0.501 e. The average Bonchev–Trinajstić information content (AvgIpc) is 2.60. The summed E-state index contributed by atoms with van der Waals surface area (Å²) < 4.78 is 66.2. The monoisotopic (exact) mass is 402 g/mol. The number of nitriles is 1. The summed E-state index contributed by atoms with van der Waals surface area (Å²) >= 11 is 0. The Balaban J connectivity index is 1.71. The lowest BCUT2D eigenvalue weighted by Crippen LogP contribution is -2.57. The highest BCUT2D eigenvalue weighted by atomic mass is 32.2. The lowest BCUT2D eigenvalue weighted by atomic mass is 9.73. The molecule has 148 valence electrons. The molecule has 1 heterocycles. The SMILES string of the molecule is COC1CN(C2CCC(c3ccc(S(=O)(=O)C(F)(F)F)cc3)C(C#N)C2)C1. The predicted octanol–water partition coefficient (Wildman–Crippen LogP) is 3.09. The van der Waals surface area contributed by atoms with E-state index in [4.69, 9.17) is 4.74 Å². The fourth-order valence-corrected chi connectivity index (χ4v) is 4.73. The Morgan fingerprint density at radius 2 is 1.81 bits per heavy atom. The summed E-state index contributed by atoms with van der Waals surface area (Å²) in [6.07, 6.45) is 2.57. The maximum atomic E-state index is 12.7. The van der Waals surface area contributed by atoms with Crippen molar-refractivity contribution in [2.24, 2.45) is 5.92 Å². The van der Waals surface area contributed by atoms with Gasteiger partial charge < -0.3 is 4.74 Å². The van der Waals surface area contributed by atoms with Crippen LogP contribution in [-0.4, -0.2) is 51.2 Å². The predicted molar refractivity (Wildman–Crippen MR) is 91.5 cm³/mol. The molecule has 0 bridgehead atoms. The van der Waals surface area contributed by atoms with Gasteiger partial charge in [-0.25, -0.2) is 8.42 Å². The van der Waals surface area contributed by atoms with Crippen LogP contribution in [0, 0.1) is 17.2 Å². The van der Waals surface area contributed by atoms with Crippen LogP contribution in [0.2, 0.25) is 0 Å². The van der Waals surface area contributed by atoms with Gasteiger partial charge in [-0.05, 0) is 42.9 Å². The Hall–Kier alpha value is -1.63. The van der Waals surface area contributed by atoms with E-state index in [1.54, 1.807) is 7.11 Å². The number of benzene rings is 1. The molecule has 1 aliphatic heterocycles. The molecule has 2 aliphatic rings. The van der Waals surface area contributed by atoms with E-state index >= 15 is 0 Å². The first-order chi connectivity index (χ1) is 12.7. The summed E-state index contributed by atoms with van der Waals surface area (Å²) in [5, 5.41) is 9.56. The molecule has 9 heteroatoms. The van der Waals surface area contributed by atoms with Crippen molar-refractivity contribution in [1.82, 2.24) is 4.90 Å². The second-order valence-electron chi connectivity index (χ2n) is 7.14. The Morgan fingerprint density at radius 3 is 2.33 bits per heavy atom. The first-order valence-electron chi connectivity index (χ1n) is 8.75. The van der Waals surface area contributed by atoms with Gasteiger partial charge in [0.05, 0.1) is 23.0 Å². The summed E-state index contributed by atoms with van der Waals surface area (Å²) in [5.41, 5.74) is -4.61. The minimum atomic E-state index is -5.35. The molecule has 1 aromatic carbocycles. The highest BCUT2D eigenvalue weighted by Crippen LogP contribution is 2.41. The average molecular weight is 402 g/mol. The Bertz CT molecular complexity index is 812. The Labute approximate surface area is 156 Å². The summed E-state index contributed by atoms with van der Waals surface area (Å²) in [6, 6.07) is 7.40. The van der Waals surface area contributed by atoms with Gasteiger partial charge in [0, 0.05) is 26.2 Å². The molecule has 1 aromatic rings. The zero-order valence-electron chi connectivity index (χ0n) is 14.8. The number of hydrogen-bond acceptors (Lipinski definition) is 5. The highest BCUT2D eigenvalue weighted by Gasteiger charge is 2.47. The number of rotatable bonds is 4. The number of methoxy groups -OCH3 is 1. The third kappa shape index (κ3) is 3.84. The zero-order valence-corrected chi connectivity index (χ0v) is 15.6. The quantitative estimate of drug-likeness (QED) is 0.774. The number of nitrogens with zero attached hydrogens (tertiary/aromatic N) is 2. The summed E-state index contributed by atoms with van der Waals surface area (Å²) in [5.74, 6) is -0.358. The Morgan fingerprint density at radius 1 is 1.19 bits per heavy atom. The van der Waals surface area contributed by atoms with Gasteiger partial charge in [0.1, 0.15) is 0 Å². The number of likely N-dealkylation sites (tertiary alicyclic amines) is 1. The van der Waals surface area contributed by atoms with E-state index in [1.165, 1.54) is 12.1 Å². The molecule has 5 nitrogen and oxygen atoms in total. The van der Waals surface area contributed by atoms with Crippen LogP contribution in [0.5, 0.6) is 0 Å². The first-order valence-corrected chi connectivity index (χ1v) is 10.2. The number of alkyl halides is 3. The van der Waals surface area contributed by atoms with Crippen molar-refractivity contribution in [1.29, 1.82) is 5.26 Å². The molecule has 1 aliphatic carbocycles. The fraction of sp³-hybridized carbons (Fsp3) is 0.611. The lowest BCUT2D eigenvalue weighted by Gasteiger charge is -2.47. The molecule has 3 atom stereocenters. The molecule has 0 amide bonds. The van der Waals surface area contributed by atoms with E-state index in [-0.39, 0.29) is 17.9 Å². The van der Waals surface area contributed by atoms with Crippen LogP contribution in [-0.2, 0) is 14.6 Å². The van der Waals surface area contributed by atoms with Crippen LogP contribution >= 0.6 is 0 Å². The smallest absolute Gasteiger partial charge is 0.379 e. The molecule has 0 aromatic heterocycles. The summed E-state index contributed by atoms with van der Waals surface area (Å²) in [4.78, 5) is 1.53. The lowest BCUT2D eigenvalue weighted by molar-refractivity contribution is -0.0605. The molecule has 0 N–H and O–H groups in total. The fourth-order valence-electron chi connectivity index (χ4n) is 3.97. The normalized spacial score (nSPS) is 27.7. The number of halogens is 3. The van der Waals surface area contributed by atoms with Crippen LogP contribution in [0.25, 0.3) is 0 Å². The molecular formula is C18H21F3N2O3S. The number of hydrogen-bond donors (Lipinski definition) is 0. The number of ether oxygens (including phenoxy) is 1. The molecule has 3 rings (SSSR count). The summed E-state index contributed by atoms with van der Waals surface area (Å²) in [7, 11) is -3.67. The second kappa shape index (κ2) is 7.41. The van der Waals surface area contributed by atoms with E-state index in [0.29, 0.717) is 18.0 Å². The minimum Gasteiger partial charge on any atom is -0.379 e. The van der Waals surface area contributed by atoms with Crippen LogP contribution in [0.15, 0.2) is 29.2 Å². The van der Waals surface area contributed by atoms with E-state index in [2.05, 4.69) is 11.0 Å². The molecular weight excluding hydrogens is 381 g/mol. The molecule has 0 radical (unpaired) electrons. The molecule has 0 spiro atoms. The van der Waals surface area contributed by atoms with Crippen molar-refractivity contribution in [2.45, 2.75) is 47.7 Å². The third-order valence-electron chi connectivity index (χ3n) is 5.64. The van der Waals surface area contributed by atoms with E-state index in [9.17, 15) is 26.9 Å². The van der Waals surface area contributed by atoms with Crippen molar-refractivity contribution < 1.29 is 26.3 Å². The molecule has 3 unspecified atom stereocenters. The second-order valence-corrected chi connectivity index (χ2v) is 9.08. The van der Waals surface area contributed by atoms with Crippen molar-refractivity contribution in [3.63, 3.8) is 0 Å². The van der Waals surface area contributed by atoms with Crippen molar-refractivity contribution in [2.75, 3.05) is 20.2 Å². The highest BCUT2D eigenvalue weighted by molar-refractivity contribution is 7.92. The van der Waals surface area contributed by atoms with E-state index in [1.807, 2.05) is 0 Å². The minimum absolute atomic E-state index is 0.103. The molecule has 1 saturated carbocycles. The van der Waals surface area contributed by atoms with E-state index < -0.39 is 20.2 Å². The van der Waals surface area contributed by atoms with Gasteiger partial charge in [0.15, 0.2) is 0 Å². The van der Waals surface area contributed by atoms with Gasteiger partial charge in [0.25, 0.3) is 9.84 Å². The van der Waals surface area contributed by atoms with Crippen molar-refractivity contribution in [3.05, 3.63) is 29.8 Å². The van der Waals surface area contributed by atoms with Crippen LogP contribution in [0.3, 0.4) is 0 Å². The van der Waals surface area contributed by atoms with Crippen LogP contribution in [0.1, 0.15) is 30.7 Å². The third-order valence-corrected chi connectivity index (χ3v) is 7.14. The van der Waals surface area contributed by atoms with Crippen LogP contribution < -0.4 is 0 Å². The number of sulfone groups is 1. The molecule has 1 saturated heterocycles. The Kier molecular flexibility index (Phi) is 5.52. The first kappa shape index (κ1) is 20.1. The summed E-state index contributed by atoms with van der Waals surface area (Å²) in [6.45, 7) is 1.71. The standard InChI is InChI=1S/C18H21F3N2O3S/c1-26-15-10-23(11-15)14-4-7-17(13(8-14)9-22)12-2-5-16(6-3-12)27(24,25)18(19,20)21/h2-3,5-6,13-15,17H,4,7-8,10-11H2,1H3. The van der Waals surface area contributed by atoms with Gasteiger partial charge in [-0.1, -0.05) is 12.1 Å². The van der Waals surface area contributed by atoms with Crippen molar-refractivity contribution >= 4 is 9.84 Å². The maximum absolute atomic E-state index is 12.7. The maximum Gasteiger partial charge on any atom is 0.501 e. The molecule has 27 heavy (non-hydrogen) atoms. The van der Waals surface area contributed by atoms with Gasteiger partial charge in [-0.3, -0.25) is 4.90 Å². The van der Waals surface area contributed by atoms with Gasteiger partial charge in [-0.15, -0.1) is 0 Å². The zero-order chi connectivity index (χ0) is 19.8. The van der Waals surface area contributed by atoms with Crippen LogP contribution in [0.4, 0.5) is 13.2 Å².